The predicted octanol–water partition coefficient (Wildman–Crippen LogP) is 3.02. The number of nitrogens with zero attached hydrogens (tertiary/aromatic N) is 3. The highest BCUT2D eigenvalue weighted by atomic mass is 28.4. The monoisotopic (exact) mass is 405 g/mol. The van der Waals surface area contributed by atoms with Crippen LogP contribution in [0.15, 0.2) is 0 Å². The Kier molecular flexibility index (Phi) is 16.9. The molecule has 0 amide bonds. The van der Waals surface area contributed by atoms with Crippen molar-refractivity contribution in [3.05, 3.63) is 0 Å². The zero-order valence-corrected chi connectivity index (χ0v) is 20.3. The second kappa shape index (κ2) is 16.9. The Bertz CT molecular complexity index is 280. The SMILES string of the molecule is CCN(CC)CCO[Si](CC)(OCCN(CC)CC)OCCN(CC)CC. The molecule has 0 heterocycles. The van der Waals surface area contributed by atoms with E-state index in [0.717, 1.165) is 64.9 Å². The summed E-state index contributed by atoms with van der Waals surface area (Å²) in [7, 11) is -2.63. The van der Waals surface area contributed by atoms with E-state index >= 15 is 0 Å². The van der Waals surface area contributed by atoms with Gasteiger partial charge in [-0.3, -0.25) is 0 Å². The normalized spacial score (nSPS) is 12.7. The average molecular weight is 406 g/mol. The highest BCUT2D eigenvalue weighted by Crippen LogP contribution is 2.16. The first kappa shape index (κ1) is 27.0. The number of hydrogen-bond acceptors (Lipinski definition) is 6. The van der Waals surface area contributed by atoms with Crippen LogP contribution < -0.4 is 0 Å². The molecule has 6 nitrogen and oxygen atoms in total. The molecule has 0 aromatic carbocycles. The van der Waals surface area contributed by atoms with E-state index in [1.165, 1.54) is 0 Å². The molecule has 0 atom stereocenters. The first-order chi connectivity index (χ1) is 13.0. The molecule has 0 bridgehead atoms. The third-order valence-electron chi connectivity index (χ3n) is 5.30. The van der Waals surface area contributed by atoms with Crippen LogP contribution in [0.5, 0.6) is 0 Å². The summed E-state index contributed by atoms with van der Waals surface area (Å²) in [6.07, 6.45) is 0. The van der Waals surface area contributed by atoms with Crippen LogP contribution in [-0.2, 0) is 13.3 Å². The van der Waals surface area contributed by atoms with Crippen LogP contribution in [0.3, 0.4) is 0 Å². The minimum absolute atomic E-state index is 0.679. The largest absolute Gasteiger partial charge is 0.500 e. The summed E-state index contributed by atoms with van der Waals surface area (Å²) in [5, 5.41) is 0. The molecule has 27 heavy (non-hydrogen) atoms. The van der Waals surface area contributed by atoms with Gasteiger partial charge in [0.1, 0.15) is 0 Å². The highest BCUT2D eigenvalue weighted by Gasteiger charge is 2.39. The average Bonchev–Trinajstić information content (AvgIpc) is 2.71. The quantitative estimate of drug-likeness (QED) is 0.308. The van der Waals surface area contributed by atoms with Crippen LogP contribution in [0.25, 0.3) is 0 Å². The van der Waals surface area contributed by atoms with E-state index in [9.17, 15) is 0 Å². The molecule has 7 heteroatoms. The van der Waals surface area contributed by atoms with Gasteiger partial charge in [0.25, 0.3) is 0 Å². The topological polar surface area (TPSA) is 37.4 Å². The summed E-state index contributed by atoms with van der Waals surface area (Å²) in [6.45, 7) is 26.4. The fourth-order valence-electron chi connectivity index (χ4n) is 3.04. The van der Waals surface area contributed by atoms with Crippen LogP contribution in [0.2, 0.25) is 6.04 Å². The van der Waals surface area contributed by atoms with Crippen LogP contribution in [0.1, 0.15) is 48.5 Å². The fraction of sp³-hybridized carbons (Fsp3) is 1.00. The lowest BCUT2D eigenvalue weighted by Crippen LogP contribution is -2.49. The number of rotatable bonds is 19. The Balaban J connectivity index is 4.74. The van der Waals surface area contributed by atoms with Crippen molar-refractivity contribution in [1.29, 1.82) is 0 Å². The van der Waals surface area contributed by atoms with Crippen LogP contribution in [0.4, 0.5) is 0 Å². The molecule has 0 aromatic heterocycles. The van der Waals surface area contributed by atoms with Gasteiger partial charge in [0.2, 0.25) is 0 Å². The second-order valence-electron chi connectivity index (χ2n) is 6.66. The Morgan fingerprint density at radius 1 is 0.481 bits per heavy atom. The number of hydrogen-bond donors (Lipinski definition) is 0. The van der Waals surface area contributed by atoms with Crippen LogP contribution in [0, 0.1) is 0 Å². The molecule has 0 aliphatic rings. The van der Waals surface area contributed by atoms with E-state index in [2.05, 4.69) is 63.2 Å². The fourth-order valence-corrected chi connectivity index (χ4v) is 5.11. The second-order valence-corrected chi connectivity index (χ2v) is 9.60. The summed E-state index contributed by atoms with van der Waals surface area (Å²) in [5.41, 5.74) is 0. The summed E-state index contributed by atoms with van der Waals surface area (Å²) < 4.78 is 19.0. The van der Waals surface area contributed by atoms with E-state index in [1.807, 2.05) is 0 Å². The molecule has 0 saturated carbocycles. The molecule has 0 aromatic rings. The summed E-state index contributed by atoms with van der Waals surface area (Å²) in [6, 6.07) is 0.821. The number of likely N-dealkylation sites (N-methyl/N-ethyl adjacent to an activating group) is 3. The van der Waals surface area contributed by atoms with E-state index in [4.69, 9.17) is 13.3 Å². The Hall–Kier alpha value is -0.0231. The molecule has 0 aliphatic heterocycles. The maximum absolute atomic E-state index is 6.33. The van der Waals surface area contributed by atoms with Gasteiger partial charge in [-0.1, -0.05) is 48.5 Å². The minimum Gasteiger partial charge on any atom is -0.372 e. The van der Waals surface area contributed by atoms with Crippen molar-refractivity contribution in [3.8, 4) is 0 Å². The van der Waals surface area contributed by atoms with Gasteiger partial charge in [-0.25, -0.2) is 0 Å². The smallest absolute Gasteiger partial charge is 0.372 e. The van der Waals surface area contributed by atoms with Crippen molar-refractivity contribution in [2.45, 2.75) is 54.5 Å². The third kappa shape index (κ3) is 11.5. The van der Waals surface area contributed by atoms with E-state index in [1.54, 1.807) is 0 Å². The van der Waals surface area contributed by atoms with E-state index in [-0.39, 0.29) is 0 Å². The zero-order valence-electron chi connectivity index (χ0n) is 19.3. The first-order valence-corrected chi connectivity index (χ1v) is 13.1. The van der Waals surface area contributed by atoms with Crippen molar-refractivity contribution < 1.29 is 13.3 Å². The van der Waals surface area contributed by atoms with Gasteiger partial charge in [-0.05, 0) is 39.3 Å². The lowest BCUT2D eigenvalue weighted by Gasteiger charge is -2.31. The summed E-state index contributed by atoms with van der Waals surface area (Å²) >= 11 is 0. The molecule has 0 unspecified atom stereocenters. The first-order valence-electron chi connectivity index (χ1n) is 11.1. The van der Waals surface area contributed by atoms with Gasteiger partial charge in [-0.2, -0.15) is 0 Å². The molecule has 0 fully saturated rings. The summed E-state index contributed by atoms with van der Waals surface area (Å²) in [5.74, 6) is 0. The predicted molar refractivity (Wildman–Crippen MR) is 117 cm³/mol. The zero-order chi connectivity index (χ0) is 20.5. The van der Waals surface area contributed by atoms with Crippen LogP contribution in [-0.4, -0.2) is 102 Å². The van der Waals surface area contributed by atoms with Gasteiger partial charge in [-0.15, -0.1) is 0 Å². The maximum Gasteiger partial charge on any atom is 0.500 e. The highest BCUT2D eigenvalue weighted by molar-refractivity contribution is 6.60. The van der Waals surface area contributed by atoms with E-state index < -0.39 is 8.80 Å². The van der Waals surface area contributed by atoms with Gasteiger partial charge in [0, 0.05) is 25.7 Å². The van der Waals surface area contributed by atoms with Gasteiger partial charge in [0.15, 0.2) is 0 Å². The van der Waals surface area contributed by atoms with Crippen molar-refractivity contribution in [3.63, 3.8) is 0 Å². The lowest BCUT2D eigenvalue weighted by molar-refractivity contribution is 0.0414. The summed E-state index contributed by atoms with van der Waals surface area (Å²) in [4.78, 5) is 7.13. The van der Waals surface area contributed by atoms with Gasteiger partial charge < -0.3 is 28.0 Å². The van der Waals surface area contributed by atoms with E-state index in [0.29, 0.717) is 19.8 Å². The van der Waals surface area contributed by atoms with Crippen molar-refractivity contribution in [2.24, 2.45) is 0 Å². The van der Waals surface area contributed by atoms with Crippen LogP contribution >= 0.6 is 0 Å². The molecular formula is C20H47N3O3Si. The maximum atomic E-state index is 6.33. The lowest BCUT2D eigenvalue weighted by atomic mass is 10.5. The molecule has 164 valence electrons. The standard InChI is InChI=1S/C20H47N3O3Si/c1-8-21(9-2)15-18-24-27(14-7,25-19-16-22(10-3)11-4)26-20-17-23(12-5)13-6/h8-20H2,1-7H3. The molecule has 0 spiro atoms. The molecule has 0 radical (unpaired) electrons. The Morgan fingerprint density at radius 2 is 0.741 bits per heavy atom. The van der Waals surface area contributed by atoms with Gasteiger partial charge >= 0.3 is 8.80 Å². The molecule has 0 N–H and O–H groups in total. The molecule has 0 rings (SSSR count). The third-order valence-corrected chi connectivity index (χ3v) is 8.10. The molecule has 0 saturated heterocycles. The minimum atomic E-state index is -2.63. The van der Waals surface area contributed by atoms with Gasteiger partial charge in [0.05, 0.1) is 19.8 Å². The van der Waals surface area contributed by atoms with Crippen molar-refractivity contribution in [1.82, 2.24) is 14.7 Å². The Labute approximate surface area is 170 Å². The molecular weight excluding hydrogens is 358 g/mol. The van der Waals surface area contributed by atoms with Crippen molar-refractivity contribution in [2.75, 3.05) is 78.7 Å². The van der Waals surface area contributed by atoms with Crippen molar-refractivity contribution >= 4 is 8.80 Å². The Morgan fingerprint density at radius 3 is 0.926 bits per heavy atom. The molecule has 0 aliphatic carbocycles.